The van der Waals surface area contributed by atoms with E-state index in [4.69, 9.17) is 26.5 Å². The molecule has 4 rings (SSSR count). The molecule has 4 aliphatic rings. The molecule has 26 heavy (non-hydrogen) atoms. The van der Waals surface area contributed by atoms with Gasteiger partial charge in [0.15, 0.2) is 11.3 Å². The van der Waals surface area contributed by atoms with Crippen LogP contribution in [0.1, 0.15) is 0 Å². The first kappa shape index (κ1) is 24.2. The summed E-state index contributed by atoms with van der Waals surface area (Å²) < 4.78 is 0. The predicted molar refractivity (Wildman–Crippen MR) is 85.6 cm³/mol. The molecule has 0 saturated heterocycles. The van der Waals surface area contributed by atoms with E-state index < -0.39 is 17.5 Å². The second-order valence-corrected chi connectivity index (χ2v) is 4.72. The molecule has 0 spiro atoms. The Morgan fingerprint density at radius 3 is 1.46 bits per heavy atom. The Morgan fingerprint density at radius 2 is 1.15 bits per heavy atom. The Bertz CT molecular complexity index is 709. The molecule has 0 saturated carbocycles. The van der Waals surface area contributed by atoms with Crippen LogP contribution in [0.2, 0.25) is 0 Å². The third-order valence-corrected chi connectivity index (χ3v) is 2.98. The SMILES string of the molecule is NC12C=CC=CC1=NN=N2.NC12C=CC=CC1=NN=N2.O=C(O)O.[Ag].[Ag]. The van der Waals surface area contributed by atoms with Crippen LogP contribution in [0.3, 0.4) is 0 Å². The second-order valence-electron chi connectivity index (χ2n) is 4.72. The quantitative estimate of drug-likeness (QED) is 0.335. The van der Waals surface area contributed by atoms with Crippen LogP contribution in [0.5, 0.6) is 0 Å². The minimum atomic E-state index is -1.83. The number of fused-ring (bicyclic) bond motifs is 2. The van der Waals surface area contributed by atoms with E-state index in [1.165, 1.54) is 0 Å². The van der Waals surface area contributed by atoms with Crippen LogP contribution in [0.4, 0.5) is 4.79 Å². The molecule has 2 heterocycles. The Hall–Kier alpha value is -1.83. The number of hydrogen-bond donors (Lipinski definition) is 4. The number of carboxylic acid groups (broad SMARTS) is 2. The van der Waals surface area contributed by atoms with E-state index in [9.17, 15) is 0 Å². The third kappa shape index (κ3) is 6.16. The second kappa shape index (κ2) is 10.4. The monoisotopic (exact) mass is 544 g/mol. The van der Waals surface area contributed by atoms with Crippen LogP contribution in [0, 0.1) is 0 Å². The fourth-order valence-electron chi connectivity index (χ4n) is 1.82. The van der Waals surface area contributed by atoms with Gasteiger partial charge in [0.05, 0.1) is 0 Å². The van der Waals surface area contributed by atoms with Crippen LogP contribution >= 0.6 is 0 Å². The summed E-state index contributed by atoms with van der Waals surface area (Å²) in [5.41, 5.74) is 11.3. The molecule has 2 aliphatic carbocycles. The van der Waals surface area contributed by atoms with Gasteiger partial charge in [0.25, 0.3) is 0 Å². The molecule has 0 bridgehead atoms. The van der Waals surface area contributed by atoms with Crippen molar-refractivity contribution >= 4 is 17.6 Å². The van der Waals surface area contributed by atoms with Gasteiger partial charge in [0.2, 0.25) is 0 Å². The molecule has 2 atom stereocenters. The van der Waals surface area contributed by atoms with E-state index in [2.05, 4.69) is 30.9 Å². The summed E-state index contributed by atoms with van der Waals surface area (Å²) in [6.07, 6.45) is 12.7. The van der Waals surface area contributed by atoms with Gasteiger partial charge in [0, 0.05) is 44.8 Å². The molecule has 2 unspecified atom stereocenters. The van der Waals surface area contributed by atoms with Crippen molar-refractivity contribution in [1.82, 2.24) is 0 Å². The van der Waals surface area contributed by atoms with Crippen molar-refractivity contribution < 1.29 is 59.8 Å². The zero-order valence-corrected chi connectivity index (χ0v) is 15.8. The summed E-state index contributed by atoms with van der Waals surface area (Å²) in [7, 11) is 0. The van der Waals surface area contributed by atoms with Crippen molar-refractivity contribution in [2.75, 3.05) is 0 Å². The van der Waals surface area contributed by atoms with Crippen molar-refractivity contribution in [2.24, 2.45) is 42.3 Å². The van der Waals surface area contributed by atoms with Gasteiger partial charge in [-0.2, -0.15) is 0 Å². The minimum Gasteiger partial charge on any atom is -0.450 e. The van der Waals surface area contributed by atoms with E-state index in [0.29, 0.717) is 11.4 Å². The largest absolute Gasteiger partial charge is 0.503 e. The molecule has 13 heteroatoms. The zero-order chi connectivity index (χ0) is 17.6. The molecule has 0 aromatic carbocycles. The minimum absolute atomic E-state index is 0. The van der Waals surface area contributed by atoms with Crippen LogP contribution in [0.15, 0.2) is 79.5 Å². The summed E-state index contributed by atoms with van der Waals surface area (Å²) in [4.78, 5) is 8.56. The van der Waals surface area contributed by atoms with Crippen molar-refractivity contribution in [3.05, 3.63) is 48.6 Å². The summed E-state index contributed by atoms with van der Waals surface area (Å²) in [5.74, 6) is 0. The van der Waals surface area contributed by atoms with Gasteiger partial charge in [-0.15, -0.1) is 20.4 Å². The average molecular weight is 546 g/mol. The number of rotatable bonds is 0. The Morgan fingerprint density at radius 1 is 0.808 bits per heavy atom. The van der Waals surface area contributed by atoms with Gasteiger partial charge in [-0.1, -0.05) is 24.3 Å². The van der Waals surface area contributed by atoms with Crippen LogP contribution in [0.25, 0.3) is 0 Å². The Labute approximate surface area is 179 Å². The maximum absolute atomic E-state index is 8.56. The molecule has 2 radical (unpaired) electrons. The molecular formula is C13H14Ag2N8O3. The number of nitrogens with zero attached hydrogens (tertiary/aromatic N) is 6. The van der Waals surface area contributed by atoms with Crippen LogP contribution in [-0.4, -0.2) is 39.1 Å². The average Bonchev–Trinajstić information content (AvgIpc) is 3.09. The summed E-state index contributed by atoms with van der Waals surface area (Å²) in [6.45, 7) is 0. The molecule has 0 amide bonds. The number of allylic oxidation sites excluding steroid dienone is 4. The van der Waals surface area contributed by atoms with E-state index in [1.54, 1.807) is 24.3 Å². The van der Waals surface area contributed by atoms with Crippen molar-refractivity contribution in [1.29, 1.82) is 0 Å². The van der Waals surface area contributed by atoms with E-state index in [0.717, 1.165) is 0 Å². The summed E-state index contributed by atoms with van der Waals surface area (Å²) >= 11 is 0. The van der Waals surface area contributed by atoms with Crippen LogP contribution < -0.4 is 11.5 Å². The van der Waals surface area contributed by atoms with Gasteiger partial charge in [0.1, 0.15) is 11.4 Å². The maximum Gasteiger partial charge on any atom is 0.503 e. The van der Waals surface area contributed by atoms with Crippen molar-refractivity contribution in [3.63, 3.8) is 0 Å². The summed E-state index contributed by atoms with van der Waals surface area (Å²) in [6, 6.07) is 0. The zero-order valence-electron chi connectivity index (χ0n) is 12.9. The van der Waals surface area contributed by atoms with Gasteiger partial charge < -0.3 is 10.2 Å². The van der Waals surface area contributed by atoms with E-state index in [1.807, 2.05) is 24.3 Å². The molecule has 0 aromatic rings. The fraction of sp³-hybridized carbons (Fsp3) is 0.154. The van der Waals surface area contributed by atoms with E-state index in [-0.39, 0.29) is 44.8 Å². The topological polar surface area (TPSA) is 184 Å². The molecule has 11 nitrogen and oxygen atoms in total. The van der Waals surface area contributed by atoms with Gasteiger partial charge in [-0.05, 0) is 34.8 Å². The Kier molecular flexibility index (Phi) is 9.62. The van der Waals surface area contributed by atoms with Gasteiger partial charge in [-0.25, -0.2) is 4.79 Å². The molecule has 146 valence electrons. The fourth-order valence-corrected chi connectivity index (χ4v) is 1.82. The van der Waals surface area contributed by atoms with Crippen molar-refractivity contribution in [2.45, 2.75) is 11.3 Å². The molecule has 6 N–H and O–H groups in total. The number of hydrogen-bond acceptors (Lipinski definition) is 9. The molecule has 0 aromatic heterocycles. The van der Waals surface area contributed by atoms with Gasteiger partial charge in [-0.3, -0.25) is 11.5 Å². The van der Waals surface area contributed by atoms with Crippen molar-refractivity contribution in [3.8, 4) is 0 Å². The number of carbonyl (C=O) groups is 1. The first-order valence-electron chi connectivity index (χ1n) is 6.58. The molecular weight excluding hydrogens is 532 g/mol. The first-order valence-corrected chi connectivity index (χ1v) is 6.58. The maximum atomic E-state index is 8.56. The third-order valence-electron chi connectivity index (χ3n) is 2.98. The molecule has 0 fully saturated rings. The standard InChI is InChI=1S/2C6H6N4.CH2O3.2Ag/c2*7-6-4-2-1-3-5(6)8-10-9-6;2-1(3)4;;/h2*1-4H,7H2;(H2,2,3,4);;. The predicted octanol–water partition coefficient (Wildman–Crippen LogP) is 1.40. The van der Waals surface area contributed by atoms with Gasteiger partial charge >= 0.3 is 6.16 Å². The normalized spacial score (nSPS) is 27.3. The molecule has 2 aliphatic heterocycles. The summed E-state index contributed by atoms with van der Waals surface area (Å²) in [5, 5.41) is 35.9. The smallest absolute Gasteiger partial charge is 0.450 e. The first-order chi connectivity index (χ1) is 11.4. The number of nitrogens with two attached hydrogens (primary N) is 2. The van der Waals surface area contributed by atoms with Crippen LogP contribution in [-0.2, 0) is 44.8 Å². The van der Waals surface area contributed by atoms with E-state index >= 15 is 0 Å². The Balaban J connectivity index is 0.000000378.